The molecule has 2 heterocycles. The molecule has 1 aromatic heterocycles. The van der Waals surface area contributed by atoms with Crippen molar-refractivity contribution in [2.45, 2.75) is 6.92 Å². The van der Waals surface area contributed by atoms with Gasteiger partial charge in [-0.2, -0.15) is 4.31 Å². The maximum Gasteiger partial charge on any atom is 0.265 e. The molecule has 2 N–H and O–H groups in total. The standard InChI is InChI=1S/C12H18N4O4S2/c1-8-10(21-7-14-8)12(18)15-3-4-16(22(2,19)20)6-9(5-15)11(13)17/h7,9H,3-6H2,1-2H3,(H2,13,17). The predicted molar refractivity (Wildman–Crippen MR) is 81.9 cm³/mol. The van der Waals surface area contributed by atoms with Crippen molar-refractivity contribution in [2.24, 2.45) is 11.7 Å². The topological polar surface area (TPSA) is 114 Å². The van der Waals surface area contributed by atoms with E-state index < -0.39 is 21.8 Å². The fourth-order valence-electron chi connectivity index (χ4n) is 2.30. The van der Waals surface area contributed by atoms with E-state index >= 15 is 0 Å². The molecule has 1 atom stereocenters. The molecule has 1 aromatic rings. The molecule has 8 nitrogen and oxygen atoms in total. The minimum absolute atomic E-state index is 0.000378. The normalized spacial score (nSPS) is 20.6. The lowest BCUT2D eigenvalue weighted by atomic mass is 10.1. The van der Waals surface area contributed by atoms with Crippen LogP contribution in [0, 0.1) is 12.8 Å². The average molecular weight is 346 g/mol. The molecule has 0 aromatic carbocycles. The zero-order chi connectivity index (χ0) is 16.5. The second-order valence-electron chi connectivity index (χ2n) is 5.24. The third-order valence-electron chi connectivity index (χ3n) is 3.58. The van der Waals surface area contributed by atoms with Crippen LogP contribution in [-0.2, 0) is 14.8 Å². The van der Waals surface area contributed by atoms with E-state index in [9.17, 15) is 18.0 Å². The largest absolute Gasteiger partial charge is 0.369 e. The third kappa shape index (κ3) is 3.62. The Morgan fingerprint density at radius 1 is 1.36 bits per heavy atom. The Morgan fingerprint density at radius 2 is 2.05 bits per heavy atom. The SMILES string of the molecule is Cc1ncsc1C(=O)N1CCN(S(C)(=O)=O)CC(C(N)=O)C1. The van der Waals surface area contributed by atoms with Crippen LogP contribution in [0.4, 0.5) is 0 Å². The van der Waals surface area contributed by atoms with E-state index in [1.165, 1.54) is 20.5 Å². The molecular weight excluding hydrogens is 328 g/mol. The summed E-state index contributed by atoms with van der Waals surface area (Å²) in [4.78, 5) is 30.1. The Labute approximate surface area is 133 Å². The summed E-state index contributed by atoms with van der Waals surface area (Å²) < 4.78 is 24.6. The molecule has 1 aliphatic heterocycles. The fourth-order valence-corrected chi connectivity index (χ4v) is 3.93. The first-order chi connectivity index (χ1) is 10.2. The molecule has 22 heavy (non-hydrogen) atoms. The summed E-state index contributed by atoms with van der Waals surface area (Å²) in [6.45, 7) is 2.20. The first kappa shape index (κ1) is 16.8. The highest BCUT2D eigenvalue weighted by Crippen LogP contribution is 2.19. The number of nitrogens with two attached hydrogens (primary N) is 1. The zero-order valence-electron chi connectivity index (χ0n) is 12.4. The smallest absolute Gasteiger partial charge is 0.265 e. The van der Waals surface area contributed by atoms with Gasteiger partial charge >= 0.3 is 0 Å². The number of sulfonamides is 1. The van der Waals surface area contributed by atoms with Gasteiger partial charge in [0, 0.05) is 26.2 Å². The molecule has 2 rings (SSSR count). The molecule has 10 heteroatoms. The van der Waals surface area contributed by atoms with Crippen LogP contribution in [0.2, 0.25) is 0 Å². The van der Waals surface area contributed by atoms with Crippen LogP contribution in [0.5, 0.6) is 0 Å². The van der Waals surface area contributed by atoms with Crippen molar-refractivity contribution in [1.29, 1.82) is 0 Å². The maximum absolute atomic E-state index is 12.5. The number of aryl methyl sites for hydroxylation is 1. The number of hydrogen-bond donors (Lipinski definition) is 1. The van der Waals surface area contributed by atoms with Crippen molar-refractivity contribution in [1.82, 2.24) is 14.2 Å². The highest BCUT2D eigenvalue weighted by atomic mass is 32.2. The van der Waals surface area contributed by atoms with Crippen LogP contribution >= 0.6 is 11.3 Å². The van der Waals surface area contributed by atoms with Gasteiger partial charge in [-0.25, -0.2) is 13.4 Å². The van der Waals surface area contributed by atoms with Gasteiger partial charge in [-0.05, 0) is 6.92 Å². The first-order valence-electron chi connectivity index (χ1n) is 6.64. The molecule has 1 aliphatic rings. The Balaban J connectivity index is 2.25. The third-order valence-corrected chi connectivity index (χ3v) is 5.77. The van der Waals surface area contributed by atoms with Gasteiger partial charge in [-0.15, -0.1) is 11.3 Å². The predicted octanol–water partition coefficient (Wildman–Crippen LogP) is -0.730. The molecule has 1 unspecified atom stereocenters. The van der Waals surface area contributed by atoms with E-state index in [0.717, 1.165) is 6.26 Å². The lowest BCUT2D eigenvalue weighted by molar-refractivity contribution is -0.122. The van der Waals surface area contributed by atoms with E-state index in [4.69, 9.17) is 5.73 Å². The number of hydrogen-bond acceptors (Lipinski definition) is 6. The van der Waals surface area contributed by atoms with Gasteiger partial charge in [0.05, 0.1) is 23.4 Å². The van der Waals surface area contributed by atoms with Gasteiger partial charge in [0.25, 0.3) is 5.91 Å². The summed E-state index contributed by atoms with van der Waals surface area (Å²) in [5.41, 5.74) is 7.54. The zero-order valence-corrected chi connectivity index (χ0v) is 14.0. The number of primary amides is 1. The molecule has 0 aliphatic carbocycles. The number of thiazole rings is 1. The molecule has 2 amide bonds. The summed E-state index contributed by atoms with van der Waals surface area (Å²) in [7, 11) is -3.45. The average Bonchev–Trinajstić information content (AvgIpc) is 2.71. The van der Waals surface area contributed by atoms with Crippen LogP contribution in [0.3, 0.4) is 0 Å². The quantitative estimate of drug-likeness (QED) is 0.775. The molecule has 1 fully saturated rings. The maximum atomic E-state index is 12.5. The van der Waals surface area contributed by atoms with Crippen LogP contribution in [0.25, 0.3) is 0 Å². The number of carbonyl (C=O) groups is 2. The minimum atomic E-state index is -3.45. The molecular formula is C12H18N4O4S2. The minimum Gasteiger partial charge on any atom is -0.369 e. The molecule has 0 saturated carbocycles. The Bertz CT molecular complexity index is 685. The molecule has 0 bridgehead atoms. The molecule has 122 valence electrons. The van der Waals surface area contributed by atoms with Crippen molar-refractivity contribution >= 4 is 33.2 Å². The van der Waals surface area contributed by atoms with E-state index in [2.05, 4.69) is 4.98 Å². The van der Waals surface area contributed by atoms with Crippen LogP contribution in [-0.4, -0.2) is 66.9 Å². The number of carbonyl (C=O) groups excluding carboxylic acids is 2. The van der Waals surface area contributed by atoms with Crippen LogP contribution < -0.4 is 5.73 Å². The monoisotopic (exact) mass is 346 g/mol. The number of nitrogens with zero attached hydrogens (tertiary/aromatic N) is 3. The van der Waals surface area contributed by atoms with Crippen LogP contribution in [0.1, 0.15) is 15.4 Å². The summed E-state index contributed by atoms with van der Waals surface area (Å²) in [6.07, 6.45) is 1.08. The molecule has 1 saturated heterocycles. The second-order valence-corrected chi connectivity index (χ2v) is 8.08. The fraction of sp³-hybridized carbons (Fsp3) is 0.583. The van der Waals surface area contributed by atoms with Gasteiger partial charge in [0.2, 0.25) is 15.9 Å². The van der Waals surface area contributed by atoms with Crippen molar-refractivity contribution < 1.29 is 18.0 Å². The highest BCUT2D eigenvalue weighted by molar-refractivity contribution is 7.88. The number of rotatable bonds is 3. The summed E-state index contributed by atoms with van der Waals surface area (Å²) >= 11 is 1.22. The highest BCUT2D eigenvalue weighted by Gasteiger charge is 2.33. The summed E-state index contributed by atoms with van der Waals surface area (Å²) in [5, 5.41) is 0. The van der Waals surface area contributed by atoms with E-state index in [0.29, 0.717) is 10.6 Å². The van der Waals surface area contributed by atoms with E-state index in [1.807, 2.05) is 0 Å². The van der Waals surface area contributed by atoms with Crippen LogP contribution in [0.15, 0.2) is 5.51 Å². The Hall–Kier alpha value is -1.52. The van der Waals surface area contributed by atoms with E-state index in [1.54, 1.807) is 12.4 Å². The number of amides is 2. The van der Waals surface area contributed by atoms with Crippen molar-refractivity contribution in [3.8, 4) is 0 Å². The number of aromatic nitrogens is 1. The Kier molecular flexibility index (Phi) is 4.83. The second kappa shape index (κ2) is 6.31. The van der Waals surface area contributed by atoms with E-state index in [-0.39, 0.29) is 32.1 Å². The molecule has 0 radical (unpaired) electrons. The van der Waals surface area contributed by atoms with Crippen molar-refractivity contribution in [3.63, 3.8) is 0 Å². The van der Waals surface area contributed by atoms with Gasteiger partial charge in [-0.1, -0.05) is 0 Å². The van der Waals surface area contributed by atoms with Crippen molar-refractivity contribution in [2.75, 3.05) is 32.4 Å². The van der Waals surface area contributed by atoms with Gasteiger partial charge in [0.1, 0.15) is 4.88 Å². The van der Waals surface area contributed by atoms with Crippen molar-refractivity contribution in [3.05, 3.63) is 16.1 Å². The lowest BCUT2D eigenvalue weighted by Gasteiger charge is -2.22. The summed E-state index contributed by atoms with van der Waals surface area (Å²) in [5.74, 6) is -1.59. The van der Waals surface area contributed by atoms with Gasteiger partial charge in [-0.3, -0.25) is 9.59 Å². The molecule has 0 spiro atoms. The lowest BCUT2D eigenvalue weighted by Crippen LogP contribution is -2.41. The Morgan fingerprint density at radius 3 is 2.55 bits per heavy atom. The first-order valence-corrected chi connectivity index (χ1v) is 9.36. The van der Waals surface area contributed by atoms with Gasteiger partial charge in [0.15, 0.2) is 0 Å². The summed E-state index contributed by atoms with van der Waals surface area (Å²) in [6, 6.07) is 0. The van der Waals surface area contributed by atoms with Gasteiger partial charge < -0.3 is 10.6 Å².